The Kier molecular flexibility index (Phi) is 7.26. The number of aliphatic hydroxyl groups excluding tert-OH is 1. The van der Waals surface area contributed by atoms with E-state index in [0.29, 0.717) is 6.54 Å². The first-order valence-electron chi connectivity index (χ1n) is 9.26. The second kappa shape index (κ2) is 9.20. The molecule has 1 saturated heterocycles. The molecular weight excluding hydrogens is 316 g/mol. The zero-order valence-electron chi connectivity index (χ0n) is 15.9. The van der Waals surface area contributed by atoms with Gasteiger partial charge in [0.2, 0.25) is 5.91 Å². The van der Waals surface area contributed by atoms with Gasteiger partial charge < -0.3 is 20.1 Å². The number of aliphatic hydroxyl groups is 1. The Balaban J connectivity index is 1.72. The molecule has 1 unspecified atom stereocenters. The lowest BCUT2D eigenvalue weighted by Gasteiger charge is -2.32. The highest BCUT2D eigenvalue weighted by molar-refractivity contribution is 5.78. The van der Waals surface area contributed by atoms with E-state index in [-0.39, 0.29) is 24.5 Å². The fourth-order valence-corrected chi connectivity index (χ4v) is 3.18. The van der Waals surface area contributed by atoms with E-state index in [2.05, 4.69) is 16.3 Å². The van der Waals surface area contributed by atoms with E-state index in [1.54, 1.807) is 0 Å². The van der Waals surface area contributed by atoms with Crippen LogP contribution < -0.4 is 10.1 Å². The van der Waals surface area contributed by atoms with E-state index in [0.717, 1.165) is 42.8 Å². The summed E-state index contributed by atoms with van der Waals surface area (Å²) in [5.41, 5.74) is 2.23. The van der Waals surface area contributed by atoms with E-state index in [1.165, 1.54) is 0 Å². The van der Waals surface area contributed by atoms with Crippen molar-refractivity contribution in [1.29, 1.82) is 0 Å². The van der Waals surface area contributed by atoms with Crippen molar-refractivity contribution in [2.45, 2.75) is 52.7 Å². The number of carbonyl (C=O) groups excluding carboxylic acids is 1. The molecule has 25 heavy (non-hydrogen) atoms. The van der Waals surface area contributed by atoms with E-state index in [1.807, 2.05) is 39.8 Å². The predicted molar refractivity (Wildman–Crippen MR) is 99.9 cm³/mol. The van der Waals surface area contributed by atoms with Crippen LogP contribution in [0.2, 0.25) is 0 Å². The minimum atomic E-state index is -0.527. The van der Waals surface area contributed by atoms with E-state index < -0.39 is 6.10 Å². The molecule has 1 fully saturated rings. The molecule has 1 heterocycles. The van der Waals surface area contributed by atoms with Crippen molar-refractivity contribution in [3.63, 3.8) is 0 Å². The van der Waals surface area contributed by atoms with E-state index >= 15 is 0 Å². The molecule has 5 heteroatoms. The highest BCUT2D eigenvalue weighted by Gasteiger charge is 2.26. The quantitative estimate of drug-likeness (QED) is 0.794. The first-order chi connectivity index (χ1) is 11.8. The number of piperidine rings is 1. The number of nitrogens with zero attached hydrogens (tertiary/aromatic N) is 1. The number of benzene rings is 1. The number of rotatable bonds is 7. The third-order valence-corrected chi connectivity index (χ3v) is 4.63. The first-order valence-corrected chi connectivity index (χ1v) is 9.26. The topological polar surface area (TPSA) is 61.8 Å². The van der Waals surface area contributed by atoms with Crippen molar-refractivity contribution in [3.8, 4) is 5.75 Å². The van der Waals surface area contributed by atoms with Crippen LogP contribution in [0.4, 0.5) is 0 Å². The van der Waals surface area contributed by atoms with Gasteiger partial charge in [-0.05, 0) is 70.8 Å². The Bertz CT molecular complexity index is 566. The number of nitrogens with one attached hydrogen (secondary N) is 1. The maximum Gasteiger partial charge on any atom is 0.223 e. The molecule has 1 aromatic rings. The molecule has 1 amide bonds. The molecule has 0 spiro atoms. The molecule has 5 nitrogen and oxygen atoms in total. The van der Waals surface area contributed by atoms with Crippen LogP contribution in [0.25, 0.3) is 0 Å². The monoisotopic (exact) mass is 348 g/mol. The summed E-state index contributed by atoms with van der Waals surface area (Å²) >= 11 is 0. The van der Waals surface area contributed by atoms with Crippen LogP contribution in [-0.2, 0) is 4.79 Å². The molecule has 0 aromatic heterocycles. The second-order valence-corrected chi connectivity index (χ2v) is 7.47. The predicted octanol–water partition coefficient (Wildman–Crippen LogP) is 2.28. The fourth-order valence-electron chi connectivity index (χ4n) is 3.18. The molecule has 1 aromatic carbocycles. The van der Waals surface area contributed by atoms with Crippen molar-refractivity contribution in [2.24, 2.45) is 5.92 Å². The van der Waals surface area contributed by atoms with Gasteiger partial charge in [0.25, 0.3) is 0 Å². The second-order valence-electron chi connectivity index (χ2n) is 7.47. The molecule has 0 saturated carbocycles. The SMILES string of the molecule is Cc1ccc(C)c(OCC(O)CN2CCC(C(=O)NC(C)C)CC2)c1. The summed E-state index contributed by atoms with van der Waals surface area (Å²) in [6, 6.07) is 6.28. The first kappa shape index (κ1) is 19.7. The summed E-state index contributed by atoms with van der Waals surface area (Å²) in [5, 5.41) is 13.3. The van der Waals surface area contributed by atoms with Gasteiger partial charge in [-0.15, -0.1) is 0 Å². The standard InChI is InChI=1S/C20H32N2O3/c1-14(2)21-20(24)17-7-9-22(10-8-17)12-18(23)13-25-19-11-15(3)5-6-16(19)4/h5-6,11,14,17-18,23H,7-10,12-13H2,1-4H3,(H,21,24). The summed E-state index contributed by atoms with van der Waals surface area (Å²) in [5.74, 6) is 1.10. The number of ether oxygens (including phenoxy) is 1. The maximum atomic E-state index is 12.1. The van der Waals surface area contributed by atoms with Crippen molar-refractivity contribution >= 4 is 5.91 Å². The minimum absolute atomic E-state index is 0.0991. The largest absolute Gasteiger partial charge is 0.491 e. The van der Waals surface area contributed by atoms with Crippen molar-refractivity contribution in [2.75, 3.05) is 26.2 Å². The Hall–Kier alpha value is -1.59. The Morgan fingerprint density at radius 1 is 1.32 bits per heavy atom. The van der Waals surface area contributed by atoms with Gasteiger partial charge >= 0.3 is 0 Å². The van der Waals surface area contributed by atoms with Gasteiger partial charge in [-0.3, -0.25) is 4.79 Å². The van der Waals surface area contributed by atoms with Crippen molar-refractivity contribution < 1.29 is 14.6 Å². The van der Waals surface area contributed by atoms with Crippen LogP contribution >= 0.6 is 0 Å². The van der Waals surface area contributed by atoms with Crippen LogP contribution in [0.15, 0.2) is 18.2 Å². The van der Waals surface area contributed by atoms with Gasteiger partial charge in [0.15, 0.2) is 0 Å². The van der Waals surface area contributed by atoms with Crippen LogP contribution in [-0.4, -0.2) is 54.3 Å². The van der Waals surface area contributed by atoms with Crippen molar-refractivity contribution in [1.82, 2.24) is 10.2 Å². The Labute approximate surface area is 151 Å². The highest BCUT2D eigenvalue weighted by Crippen LogP contribution is 2.20. The molecule has 0 bridgehead atoms. The molecule has 0 radical (unpaired) electrons. The summed E-state index contributed by atoms with van der Waals surface area (Å²) in [4.78, 5) is 14.3. The van der Waals surface area contributed by atoms with E-state index in [9.17, 15) is 9.90 Å². The van der Waals surface area contributed by atoms with Gasteiger partial charge in [-0.2, -0.15) is 0 Å². The smallest absolute Gasteiger partial charge is 0.223 e. The molecule has 140 valence electrons. The minimum Gasteiger partial charge on any atom is -0.491 e. The van der Waals surface area contributed by atoms with Gasteiger partial charge in [-0.1, -0.05) is 12.1 Å². The summed E-state index contributed by atoms with van der Waals surface area (Å²) in [6.07, 6.45) is 1.17. The van der Waals surface area contributed by atoms with E-state index in [4.69, 9.17) is 4.74 Å². The molecule has 0 aliphatic carbocycles. The highest BCUT2D eigenvalue weighted by atomic mass is 16.5. The molecule has 1 aliphatic rings. The molecule has 1 atom stereocenters. The average Bonchev–Trinajstić information content (AvgIpc) is 2.55. The van der Waals surface area contributed by atoms with Crippen LogP contribution in [0.5, 0.6) is 5.75 Å². The summed E-state index contributed by atoms with van der Waals surface area (Å²) in [7, 11) is 0. The maximum absolute atomic E-state index is 12.1. The summed E-state index contributed by atoms with van der Waals surface area (Å²) < 4.78 is 5.78. The number of hydrogen-bond donors (Lipinski definition) is 2. The van der Waals surface area contributed by atoms with Gasteiger partial charge in [0, 0.05) is 18.5 Å². The zero-order chi connectivity index (χ0) is 18.4. The van der Waals surface area contributed by atoms with Gasteiger partial charge in [0.05, 0.1) is 0 Å². The number of amides is 1. The normalized spacial score (nSPS) is 17.5. The Morgan fingerprint density at radius 3 is 2.64 bits per heavy atom. The molecule has 1 aliphatic heterocycles. The lowest BCUT2D eigenvalue weighted by atomic mass is 9.95. The third kappa shape index (κ3) is 6.33. The van der Waals surface area contributed by atoms with Gasteiger partial charge in [-0.25, -0.2) is 0 Å². The molecule has 2 N–H and O–H groups in total. The summed E-state index contributed by atoms with van der Waals surface area (Å²) in [6.45, 7) is 10.6. The van der Waals surface area contributed by atoms with Gasteiger partial charge in [0.1, 0.15) is 18.5 Å². The average molecular weight is 348 g/mol. The number of hydrogen-bond acceptors (Lipinski definition) is 4. The third-order valence-electron chi connectivity index (χ3n) is 4.63. The lowest BCUT2D eigenvalue weighted by molar-refractivity contribution is -0.127. The number of likely N-dealkylation sites (tertiary alicyclic amines) is 1. The Morgan fingerprint density at radius 2 is 2.00 bits per heavy atom. The van der Waals surface area contributed by atoms with Crippen LogP contribution in [0, 0.1) is 19.8 Å². The van der Waals surface area contributed by atoms with Crippen molar-refractivity contribution in [3.05, 3.63) is 29.3 Å². The fraction of sp³-hybridized carbons (Fsp3) is 0.650. The zero-order valence-corrected chi connectivity index (χ0v) is 15.9. The lowest BCUT2D eigenvalue weighted by Crippen LogP contribution is -2.45. The molecule has 2 rings (SSSR count). The molecular formula is C20H32N2O3. The number of carbonyl (C=O) groups is 1. The number of aryl methyl sites for hydroxylation is 2. The number of β-amino-alcohol motifs (C(OH)–C–C–N with tert-alkyl or cyclic N) is 1. The van der Waals surface area contributed by atoms with Crippen LogP contribution in [0.3, 0.4) is 0 Å². The van der Waals surface area contributed by atoms with Crippen LogP contribution in [0.1, 0.15) is 37.8 Å².